The molecule has 1 N–H and O–H groups in total. The Bertz CT molecular complexity index is 759. The topological polar surface area (TPSA) is 79.2 Å². The number of esters is 1. The van der Waals surface area contributed by atoms with Gasteiger partial charge < -0.3 is 10.1 Å². The standard InChI is InChI=1S/C19H16N2O3/c20-13-12-18(22)21-17-10-8-16(9-11-17)19(23)24-14-4-7-15-5-2-1-3-6-15/h1-11H,12,14H2,(H,21,22)/b7-4+. The minimum absolute atomic E-state index is 0.175. The van der Waals surface area contributed by atoms with Crippen LogP contribution in [0, 0.1) is 11.3 Å². The van der Waals surface area contributed by atoms with Crippen molar-refractivity contribution in [3.05, 3.63) is 71.8 Å². The Balaban J connectivity index is 1.83. The van der Waals surface area contributed by atoms with Crippen molar-refractivity contribution in [3.63, 3.8) is 0 Å². The van der Waals surface area contributed by atoms with Gasteiger partial charge >= 0.3 is 5.97 Å². The second-order valence-corrected chi connectivity index (χ2v) is 4.87. The number of nitriles is 1. The van der Waals surface area contributed by atoms with Crippen molar-refractivity contribution in [1.82, 2.24) is 0 Å². The molecular formula is C19H16N2O3. The number of hydrogen-bond acceptors (Lipinski definition) is 4. The zero-order chi connectivity index (χ0) is 17.2. The Hall–Kier alpha value is -3.39. The van der Waals surface area contributed by atoms with Gasteiger partial charge in [0, 0.05) is 5.69 Å². The number of carbonyl (C=O) groups is 2. The highest BCUT2D eigenvalue weighted by Gasteiger charge is 2.07. The van der Waals surface area contributed by atoms with Gasteiger partial charge in [-0.25, -0.2) is 4.79 Å². The van der Waals surface area contributed by atoms with Crippen LogP contribution in [0.15, 0.2) is 60.7 Å². The smallest absolute Gasteiger partial charge is 0.338 e. The van der Waals surface area contributed by atoms with Gasteiger partial charge in [-0.3, -0.25) is 4.79 Å². The predicted molar refractivity (Wildman–Crippen MR) is 91.1 cm³/mol. The molecule has 2 aromatic rings. The van der Waals surface area contributed by atoms with Crippen molar-refractivity contribution in [1.29, 1.82) is 5.26 Å². The lowest BCUT2D eigenvalue weighted by atomic mass is 10.2. The number of nitrogens with zero attached hydrogens (tertiary/aromatic N) is 1. The van der Waals surface area contributed by atoms with E-state index < -0.39 is 5.97 Å². The van der Waals surface area contributed by atoms with E-state index in [1.54, 1.807) is 36.4 Å². The summed E-state index contributed by atoms with van der Waals surface area (Å²) in [6, 6.07) is 17.8. The van der Waals surface area contributed by atoms with Gasteiger partial charge in [0.25, 0.3) is 0 Å². The molecule has 0 radical (unpaired) electrons. The zero-order valence-electron chi connectivity index (χ0n) is 12.9. The van der Waals surface area contributed by atoms with E-state index in [0.717, 1.165) is 5.56 Å². The average Bonchev–Trinajstić information content (AvgIpc) is 2.60. The first-order valence-electron chi connectivity index (χ1n) is 7.34. The van der Waals surface area contributed by atoms with E-state index >= 15 is 0 Å². The normalized spacial score (nSPS) is 10.1. The fraction of sp³-hybridized carbons (Fsp3) is 0.105. The Kier molecular flexibility index (Phi) is 6.30. The molecule has 2 aromatic carbocycles. The van der Waals surface area contributed by atoms with E-state index in [9.17, 15) is 9.59 Å². The molecule has 5 heteroatoms. The van der Waals surface area contributed by atoms with E-state index in [1.807, 2.05) is 36.4 Å². The lowest BCUT2D eigenvalue weighted by Gasteiger charge is -2.05. The molecule has 2 rings (SSSR count). The zero-order valence-corrected chi connectivity index (χ0v) is 12.9. The highest BCUT2D eigenvalue weighted by Crippen LogP contribution is 2.11. The highest BCUT2D eigenvalue weighted by atomic mass is 16.5. The third-order valence-electron chi connectivity index (χ3n) is 3.06. The van der Waals surface area contributed by atoms with Crippen LogP contribution < -0.4 is 5.32 Å². The van der Waals surface area contributed by atoms with Crippen molar-refractivity contribution in [2.75, 3.05) is 11.9 Å². The van der Waals surface area contributed by atoms with E-state index in [4.69, 9.17) is 10.00 Å². The van der Waals surface area contributed by atoms with E-state index in [-0.39, 0.29) is 18.9 Å². The third-order valence-corrected chi connectivity index (χ3v) is 3.06. The molecule has 0 fully saturated rings. The van der Waals surface area contributed by atoms with Crippen LogP contribution in [0.1, 0.15) is 22.3 Å². The van der Waals surface area contributed by atoms with E-state index in [2.05, 4.69) is 5.32 Å². The molecule has 0 saturated carbocycles. The van der Waals surface area contributed by atoms with Gasteiger partial charge in [-0.05, 0) is 35.9 Å². The number of amides is 1. The minimum atomic E-state index is -0.442. The van der Waals surface area contributed by atoms with Crippen LogP contribution in [0.25, 0.3) is 6.08 Å². The van der Waals surface area contributed by atoms with Crippen molar-refractivity contribution in [3.8, 4) is 6.07 Å². The molecule has 0 atom stereocenters. The van der Waals surface area contributed by atoms with E-state index in [0.29, 0.717) is 11.3 Å². The van der Waals surface area contributed by atoms with Crippen molar-refractivity contribution >= 4 is 23.6 Å². The van der Waals surface area contributed by atoms with Crippen LogP contribution in [0.4, 0.5) is 5.69 Å². The summed E-state index contributed by atoms with van der Waals surface area (Å²) >= 11 is 0. The Labute approximate surface area is 140 Å². The van der Waals surface area contributed by atoms with Crippen molar-refractivity contribution in [2.24, 2.45) is 0 Å². The van der Waals surface area contributed by atoms with Gasteiger partial charge in [0.2, 0.25) is 5.91 Å². The first-order chi connectivity index (χ1) is 11.7. The number of hydrogen-bond donors (Lipinski definition) is 1. The summed E-state index contributed by atoms with van der Waals surface area (Å²) in [7, 11) is 0. The van der Waals surface area contributed by atoms with Crippen LogP contribution in [0.3, 0.4) is 0 Å². The molecule has 24 heavy (non-hydrogen) atoms. The van der Waals surface area contributed by atoms with Crippen LogP contribution >= 0.6 is 0 Å². The number of ether oxygens (including phenoxy) is 1. The fourth-order valence-corrected chi connectivity index (χ4v) is 1.92. The molecule has 0 aliphatic heterocycles. The maximum Gasteiger partial charge on any atom is 0.338 e. The Morgan fingerprint density at radius 2 is 1.79 bits per heavy atom. The fourth-order valence-electron chi connectivity index (χ4n) is 1.92. The first kappa shape index (κ1) is 17.0. The molecule has 0 aliphatic rings. The Morgan fingerprint density at radius 3 is 2.46 bits per heavy atom. The molecule has 1 amide bonds. The quantitative estimate of drug-likeness (QED) is 0.827. The summed E-state index contributed by atoms with van der Waals surface area (Å²) < 4.78 is 5.15. The molecule has 120 valence electrons. The number of anilines is 1. The van der Waals surface area contributed by atoms with Crippen LogP contribution in [-0.4, -0.2) is 18.5 Å². The molecule has 0 aromatic heterocycles. The molecule has 0 heterocycles. The summed E-state index contributed by atoms with van der Waals surface area (Å²) in [5.74, 6) is -0.832. The highest BCUT2D eigenvalue weighted by molar-refractivity contribution is 5.93. The monoisotopic (exact) mass is 320 g/mol. The Morgan fingerprint density at radius 1 is 1.08 bits per heavy atom. The summed E-state index contributed by atoms with van der Waals surface area (Å²) in [5.41, 5.74) is 1.95. The molecule has 5 nitrogen and oxygen atoms in total. The SMILES string of the molecule is N#CCC(=O)Nc1ccc(C(=O)OC/C=C/c2ccccc2)cc1. The molecule has 0 unspecified atom stereocenters. The molecular weight excluding hydrogens is 304 g/mol. The second-order valence-electron chi connectivity index (χ2n) is 4.87. The van der Waals surface area contributed by atoms with Gasteiger partial charge in [0.1, 0.15) is 13.0 Å². The summed E-state index contributed by atoms with van der Waals surface area (Å²) in [4.78, 5) is 23.2. The van der Waals surface area contributed by atoms with E-state index in [1.165, 1.54) is 0 Å². The summed E-state index contributed by atoms with van der Waals surface area (Å²) in [5, 5.41) is 11.0. The minimum Gasteiger partial charge on any atom is -0.458 e. The lowest BCUT2D eigenvalue weighted by Crippen LogP contribution is -2.10. The molecule has 0 bridgehead atoms. The van der Waals surface area contributed by atoms with Gasteiger partial charge in [-0.2, -0.15) is 5.26 Å². The summed E-state index contributed by atoms with van der Waals surface area (Å²) in [6.07, 6.45) is 3.43. The molecule has 0 spiro atoms. The van der Waals surface area contributed by atoms with Crippen LogP contribution in [-0.2, 0) is 9.53 Å². The third kappa shape index (κ3) is 5.43. The lowest BCUT2D eigenvalue weighted by molar-refractivity contribution is -0.115. The average molecular weight is 320 g/mol. The second kappa shape index (κ2) is 8.91. The predicted octanol–water partition coefficient (Wildman–Crippen LogP) is 3.41. The number of nitrogens with one attached hydrogen (secondary N) is 1. The van der Waals surface area contributed by atoms with Crippen LogP contribution in [0.2, 0.25) is 0 Å². The maximum absolute atomic E-state index is 11.9. The van der Waals surface area contributed by atoms with Crippen molar-refractivity contribution in [2.45, 2.75) is 6.42 Å². The van der Waals surface area contributed by atoms with Gasteiger partial charge in [0.15, 0.2) is 0 Å². The van der Waals surface area contributed by atoms with Gasteiger partial charge in [-0.15, -0.1) is 0 Å². The van der Waals surface area contributed by atoms with Crippen molar-refractivity contribution < 1.29 is 14.3 Å². The van der Waals surface area contributed by atoms with Gasteiger partial charge in [0.05, 0.1) is 11.6 Å². The first-order valence-corrected chi connectivity index (χ1v) is 7.34. The largest absolute Gasteiger partial charge is 0.458 e. The molecule has 0 aliphatic carbocycles. The maximum atomic E-state index is 11.9. The van der Waals surface area contributed by atoms with Gasteiger partial charge in [-0.1, -0.05) is 36.4 Å². The summed E-state index contributed by atoms with van der Waals surface area (Å²) in [6.45, 7) is 0.175. The number of benzene rings is 2. The van der Waals surface area contributed by atoms with Crippen LogP contribution in [0.5, 0.6) is 0 Å². The number of carbonyl (C=O) groups excluding carboxylic acids is 2. The number of rotatable bonds is 6. The molecule has 0 saturated heterocycles.